The zero-order chi connectivity index (χ0) is 17.7. The Morgan fingerprint density at radius 2 is 1.76 bits per heavy atom. The van der Waals surface area contributed by atoms with Gasteiger partial charge in [0.2, 0.25) is 5.91 Å². The average molecular weight is 361 g/mol. The van der Waals surface area contributed by atoms with Gasteiger partial charge in [0.15, 0.2) is 0 Å². The van der Waals surface area contributed by atoms with E-state index in [1.165, 1.54) is 12.1 Å². The molecule has 0 saturated carbocycles. The Kier molecular flexibility index (Phi) is 5.60. The molecule has 2 aromatic rings. The highest BCUT2D eigenvalue weighted by molar-refractivity contribution is 8.00. The van der Waals surface area contributed by atoms with Crippen molar-refractivity contribution in [1.82, 2.24) is 5.48 Å². The summed E-state index contributed by atoms with van der Waals surface area (Å²) in [5, 5.41) is 8.90. The summed E-state index contributed by atoms with van der Waals surface area (Å²) in [7, 11) is 0. The summed E-state index contributed by atoms with van der Waals surface area (Å²) in [6.07, 6.45) is 3.33. The summed E-state index contributed by atoms with van der Waals surface area (Å²) in [6.45, 7) is 0. The number of ether oxygens (including phenoxy) is 1. The van der Waals surface area contributed by atoms with Crippen LogP contribution in [-0.4, -0.2) is 16.9 Å². The van der Waals surface area contributed by atoms with Crippen LogP contribution in [0.5, 0.6) is 11.5 Å². The second-order valence-electron chi connectivity index (χ2n) is 6.09. The van der Waals surface area contributed by atoms with Crippen molar-refractivity contribution < 1.29 is 19.1 Å². The van der Waals surface area contributed by atoms with E-state index in [4.69, 9.17) is 9.94 Å². The highest BCUT2D eigenvalue weighted by atomic mass is 32.2. The fourth-order valence-electron chi connectivity index (χ4n) is 3.09. The lowest BCUT2D eigenvalue weighted by molar-refractivity contribution is -0.129. The van der Waals surface area contributed by atoms with Gasteiger partial charge in [0.05, 0.1) is 0 Å². The molecule has 1 aliphatic rings. The number of halogens is 1. The topological polar surface area (TPSA) is 58.6 Å². The van der Waals surface area contributed by atoms with Crippen molar-refractivity contribution in [2.24, 2.45) is 0 Å². The highest BCUT2D eigenvalue weighted by Crippen LogP contribution is 2.48. The number of nitrogens with one attached hydrogen (secondary N) is 1. The van der Waals surface area contributed by atoms with Gasteiger partial charge < -0.3 is 4.74 Å². The van der Waals surface area contributed by atoms with Crippen molar-refractivity contribution >= 4 is 17.7 Å². The van der Waals surface area contributed by atoms with Crippen molar-refractivity contribution in [2.45, 2.75) is 30.4 Å². The van der Waals surface area contributed by atoms with Gasteiger partial charge in [-0.15, -0.1) is 11.8 Å². The molecule has 3 rings (SSSR count). The number of thioether (sulfide) groups is 1. The van der Waals surface area contributed by atoms with Crippen LogP contribution in [0.15, 0.2) is 48.5 Å². The summed E-state index contributed by atoms with van der Waals surface area (Å²) in [5.74, 6) is 1.53. The molecule has 2 N–H and O–H groups in total. The van der Waals surface area contributed by atoms with Gasteiger partial charge in [-0.1, -0.05) is 18.6 Å². The first kappa shape index (κ1) is 17.8. The van der Waals surface area contributed by atoms with Gasteiger partial charge in [-0.3, -0.25) is 10.0 Å². The quantitative estimate of drug-likeness (QED) is 0.602. The zero-order valence-electron chi connectivity index (χ0n) is 13.7. The molecular formula is C19H20FNO3S. The van der Waals surface area contributed by atoms with Crippen LogP contribution in [0.4, 0.5) is 4.39 Å². The molecule has 25 heavy (non-hydrogen) atoms. The molecule has 6 heteroatoms. The molecule has 4 nitrogen and oxygen atoms in total. The van der Waals surface area contributed by atoms with Crippen LogP contribution in [0, 0.1) is 5.82 Å². The molecule has 1 heterocycles. The van der Waals surface area contributed by atoms with E-state index >= 15 is 0 Å². The fraction of sp³-hybridized carbons (Fsp3) is 0.316. The van der Waals surface area contributed by atoms with Crippen LogP contribution >= 0.6 is 11.8 Å². The van der Waals surface area contributed by atoms with Crippen LogP contribution in [0.1, 0.15) is 31.2 Å². The summed E-state index contributed by atoms with van der Waals surface area (Å²) in [4.78, 5) is 11.8. The number of hydroxylamine groups is 1. The third-order valence-electron chi connectivity index (χ3n) is 4.35. The van der Waals surface area contributed by atoms with Crippen LogP contribution < -0.4 is 10.2 Å². The van der Waals surface area contributed by atoms with Crippen LogP contribution in [0.2, 0.25) is 0 Å². The van der Waals surface area contributed by atoms with E-state index in [1.54, 1.807) is 29.4 Å². The van der Waals surface area contributed by atoms with Crippen molar-refractivity contribution in [3.8, 4) is 11.5 Å². The molecule has 0 bridgehead atoms. The molecule has 1 aliphatic heterocycles. The minimum Gasteiger partial charge on any atom is -0.457 e. The van der Waals surface area contributed by atoms with Crippen LogP contribution in [0.25, 0.3) is 0 Å². The SMILES string of the molecule is O=C(CC1(c2ccc(Oc3ccc(F)cc3)cc2)CCCCS1)NO. The molecule has 1 saturated heterocycles. The summed E-state index contributed by atoms with van der Waals surface area (Å²) in [6, 6.07) is 13.5. The molecule has 132 valence electrons. The average Bonchev–Trinajstić information content (AvgIpc) is 2.65. The van der Waals surface area contributed by atoms with Crippen molar-refractivity contribution in [3.63, 3.8) is 0 Å². The lowest BCUT2D eigenvalue weighted by Crippen LogP contribution is -2.33. The van der Waals surface area contributed by atoms with Crippen molar-refractivity contribution in [2.75, 3.05) is 5.75 Å². The Labute approximate surface area is 150 Å². The number of hydrogen-bond acceptors (Lipinski definition) is 4. The van der Waals surface area contributed by atoms with Crippen molar-refractivity contribution in [3.05, 3.63) is 59.9 Å². The highest BCUT2D eigenvalue weighted by Gasteiger charge is 2.36. The van der Waals surface area contributed by atoms with Gasteiger partial charge in [-0.2, -0.15) is 0 Å². The number of hydrogen-bond donors (Lipinski definition) is 2. The maximum Gasteiger partial charge on any atom is 0.245 e. The maximum absolute atomic E-state index is 13.0. The van der Waals surface area contributed by atoms with E-state index in [0.29, 0.717) is 11.5 Å². The Morgan fingerprint density at radius 3 is 2.32 bits per heavy atom. The summed E-state index contributed by atoms with van der Waals surface area (Å²) < 4.78 is 18.3. The van der Waals surface area contributed by atoms with Gasteiger partial charge >= 0.3 is 0 Å². The molecule has 1 unspecified atom stereocenters. The van der Waals surface area contributed by atoms with Gasteiger partial charge in [0.25, 0.3) is 0 Å². The smallest absolute Gasteiger partial charge is 0.245 e. The Balaban J connectivity index is 1.78. The first-order valence-corrected chi connectivity index (χ1v) is 9.21. The largest absolute Gasteiger partial charge is 0.457 e. The van der Waals surface area contributed by atoms with E-state index < -0.39 is 0 Å². The zero-order valence-corrected chi connectivity index (χ0v) is 14.5. The molecule has 1 atom stereocenters. The number of carbonyl (C=O) groups excluding carboxylic acids is 1. The standard InChI is InChI=1S/C19H20FNO3S/c20-15-5-9-17(10-6-15)24-16-7-3-14(4-8-16)19(13-18(22)21-23)11-1-2-12-25-19/h3-10,23H,1-2,11-13H2,(H,21,22). The van der Waals surface area contributed by atoms with Gasteiger partial charge in [0, 0.05) is 11.2 Å². The number of amides is 1. The monoisotopic (exact) mass is 361 g/mol. The van der Waals surface area contributed by atoms with Crippen LogP contribution in [0.3, 0.4) is 0 Å². The maximum atomic E-state index is 13.0. The molecule has 2 aromatic carbocycles. The molecule has 1 amide bonds. The summed E-state index contributed by atoms with van der Waals surface area (Å²) in [5.41, 5.74) is 2.80. The van der Waals surface area contributed by atoms with E-state index in [0.717, 1.165) is 30.6 Å². The van der Waals surface area contributed by atoms with Crippen molar-refractivity contribution in [1.29, 1.82) is 0 Å². The fourth-order valence-corrected chi connectivity index (χ4v) is 4.65. The minimum absolute atomic E-state index is 0.242. The second kappa shape index (κ2) is 7.89. The second-order valence-corrected chi connectivity index (χ2v) is 7.57. The predicted octanol–water partition coefficient (Wildman–Crippen LogP) is 4.63. The van der Waals surface area contributed by atoms with Crippen LogP contribution in [-0.2, 0) is 9.54 Å². The predicted molar refractivity (Wildman–Crippen MR) is 95.4 cm³/mol. The third kappa shape index (κ3) is 4.32. The Morgan fingerprint density at radius 1 is 1.12 bits per heavy atom. The van der Waals surface area contributed by atoms with E-state index in [-0.39, 0.29) is 22.9 Å². The number of rotatable bonds is 5. The normalized spacial score (nSPS) is 20.1. The lowest BCUT2D eigenvalue weighted by Gasteiger charge is -2.36. The molecule has 1 fully saturated rings. The number of benzene rings is 2. The lowest BCUT2D eigenvalue weighted by atomic mass is 9.88. The first-order valence-electron chi connectivity index (χ1n) is 8.22. The number of carbonyl (C=O) groups is 1. The Bertz CT molecular complexity index is 712. The molecule has 0 spiro atoms. The minimum atomic E-state index is -0.374. The van der Waals surface area contributed by atoms with Gasteiger partial charge in [-0.05, 0) is 60.6 Å². The van der Waals surface area contributed by atoms with E-state index in [2.05, 4.69) is 0 Å². The summed E-state index contributed by atoms with van der Waals surface area (Å²) >= 11 is 1.76. The molecular weight excluding hydrogens is 341 g/mol. The first-order chi connectivity index (χ1) is 12.1. The Hall–Kier alpha value is -2.05. The van der Waals surface area contributed by atoms with E-state index in [9.17, 15) is 9.18 Å². The third-order valence-corrected chi connectivity index (χ3v) is 5.98. The van der Waals surface area contributed by atoms with Gasteiger partial charge in [-0.25, -0.2) is 9.87 Å². The van der Waals surface area contributed by atoms with E-state index in [1.807, 2.05) is 24.3 Å². The van der Waals surface area contributed by atoms with Gasteiger partial charge in [0.1, 0.15) is 17.3 Å². The molecule has 0 aromatic heterocycles. The molecule has 0 aliphatic carbocycles. The molecule has 0 radical (unpaired) electrons.